The predicted octanol–water partition coefficient (Wildman–Crippen LogP) is 5.73. The Labute approximate surface area is 172 Å². The second-order valence-electron chi connectivity index (χ2n) is 7.56. The Bertz CT molecular complexity index is 1150. The maximum Gasteiger partial charge on any atom is 0.233 e. The molecule has 6 heteroatoms. The van der Waals surface area contributed by atoms with Gasteiger partial charge in [-0.25, -0.2) is 4.39 Å². The maximum atomic E-state index is 14.8. The minimum absolute atomic E-state index is 0.0122. The molecule has 1 aliphatic heterocycles. The summed E-state index contributed by atoms with van der Waals surface area (Å²) in [6.45, 7) is 1.81. The van der Waals surface area contributed by atoms with E-state index in [9.17, 15) is 9.18 Å². The first-order valence-corrected chi connectivity index (χ1v) is 9.90. The Morgan fingerprint density at radius 3 is 2.66 bits per heavy atom. The number of fused-ring (bicyclic) bond motifs is 1. The molecular weight excluding hydrogens is 391 g/mol. The van der Waals surface area contributed by atoms with Crippen molar-refractivity contribution in [3.05, 3.63) is 93.0 Å². The number of allylic oxidation sites excluding steroid dienone is 2. The molecule has 5 rings (SSSR count). The molecule has 1 aliphatic carbocycles. The fraction of sp³-hybridized carbons (Fsp3) is 0.217. The summed E-state index contributed by atoms with van der Waals surface area (Å²) < 4.78 is 20.2. The molecule has 0 saturated carbocycles. The second kappa shape index (κ2) is 6.85. The number of carbonyl (C=O) groups excluding carboxylic acids is 1. The minimum Gasteiger partial charge on any atom is -0.338 e. The van der Waals surface area contributed by atoms with Crippen LogP contribution in [0.2, 0.25) is 5.02 Å². The van der Waals surface area contributed by atoms with Crippen LogP contribution in [0.1, 0.15) is 47.1 Å². The zero-order chi connectivity index (χ0) is 20.1. The lowest BCUT2D eigenvalue weighted by molar-refractivity contribution is -0.116. The lowest BCUT2D eigenvalue weighted by atomic mass is 9.72. The monoisotopic (exact) mass is 408 g/mol. The van der Waals surface area contributed by atoms with Crippen molar-refractivity contribution in [2.24, 2.45) is 0 Å². The van der Waals surface area contributed by atoms with E-state index >= 15 is 0 Å². The summed E-state index contributed by atoms with van der Waals surface area (Å²) in [5, 5.41) is 7.98. The van der Waals surface area contributed by atoms with E-state index in [0.29, 0.717) is 40.6 Å². The first kappa shape index (κ1) is 18.1. The van der Waals surface area contributed by atoms with E-state index in [-0.39, 0.29) is 17.5 Å². The Morgan fingerprint density at radius 2 is 1.90 bits per heavy atom. The number of aryl methyl sites for hydroxylation is 1. The van der Waals surface area contributed by atoms with E-state index in [1.807, 2.05) is 31.2 Å². The molecule has 1 N–H and O–H groups in total. The highest BCUT2D eigenvalue weighted by atomic mass is 35.5. The van der Waals surface area contributed by atoms with E-state index in [2.05, 4.69) is 10.5 Å². The third kappa shape index (κ3) is 2.97. The van der Waals surface area contributed by atoms with Gasteiger partial charge >= 0.3 is 0 Å². The molecule has 2 heterocycles. The molecule has 4 nitrogen and oxygen atoms in total. The zero-order valence-corrected chi connectivity index (χ0v) is 16.5. The molecule has 2 atom stereocenters. The Hall–Kier alpha value is -2.92. The summed E-state index contributed by atoms with van der Waals surface area (Å²) in [4.78, 5) is 13.3. The highest BCUT2D eigenvalue weighted by molar-refractivity contribution is 6.30. The maximum absolute atomic E-state index is 14.8. The fourth-order valence-electron chi connectivity index (χ4n) is 4.46. The van der Waals surface area contributed by atoms with Gasteiger partial charge in [0.05, 0.1) is 11.3 Å². The van der Waals surface area contributed by atoms with E-state index in [4.69, 9.17) is 16.1 Å². The highest BCUT2D eigenvalue weighted by Crippen LogP contribution is 2.49. The van der Waals surface area contributed by atoms with Crippen molar-refractivity contribution in [1.82, 2.24) is 5.16 Å². The lowest BCUT2D eigenvalue weighted by Gasteiger charge is -2.34. The molecule has 1 aromatic heterocycles. The van der Waals surface area contributed by atoms with E-state index in [1.54, 1.807) is 18.2 Å². The number of nitrogens with one attached hydrogen (secondary N) is 1. The minimum atomic E-state index is -0.521. The van der Waals surface area contributed by atoms with E-state index in [0.717, 1.165) is 16.8 Å². The molecule has 0 fully saturated rings. The van der Waals surface area contributed by atoms with Gasteiger partial charge in [-0.05, 0) is 43.0 Å². The number of hydrogen-bond acceptors (Lipinski definition) is 4. The highest BCUT2D eigenvalue weighted by Gasteiger charge is 2.41. The summed E-state index contributed by atoms with van der Waals surface area (Å²) >= 11 is 6.01. The van der Waals surface area contributed by atoms with Crippen LogP contribution in [-0.2, 0) is 4.79 Å². The van der Waals surface area contributed by atoms with Gasteiger partial charge in [-0.2, -0.15) is 0 Å². The number of rotatable bonds is 2. The summed E-state index contributed by atoms with van der Waals surface area (Å²) in [7, 11) is 0. The molecule has 0 spiro atoms. The molecular formula is C23H18ClFN2O2. The van der Waals surface area contributed by atoms with Gasteiger partial charge < -0.3 is 9.84 Å². The van der Waals surface area contributed by atoms with Crippen LogP contribution >= 0.6 is 11.6 Å². The van der Waals surface area contributed by atoms with Crippen LogP contribution in [0, 0.1) is 12.7 Å². The average molecular weight is 409 g/mol. The lowest BCUT2D eigenvalue weighted by Crippen LogP contribution is -2.30. The third-order valence-corrected chi connectivity index (χ3v) is 6.07. The molecule has 2 aromatic carbocycles. The number of hydrogen-bond donors (Lipinski definition) is 1. The second-order valence-corrected chi connectivity index (χ2v) is 8.00. The molecule has 0 bridgehead atoms. The number of halogens is 2. The van der Waals surface area contributed by atoms with Gasteiger partial charge in [0.2, 0.25) is 5.88 Å². The molecule has 29 heavy (non-hydrogen) atoms. The largest absolute Gasteiger partial charge is 0.338 e. The molecule has 146 valence electrons. The third-order valence-electron chi connectivity index (χ3n) is 5.82. The van der Waals surface area contributed by atoms with Crippen LogP contribution in [0.4, 0.5) is 10.3 Å². The van der Waals surface area contributed by atoms with Gasteiger partial charge in [-0.15, -0.1) is 0 Å². The molecule has 0 radical (unpaired) electrons. The van der Waals surface area contributed by atoms with Crippen molar-refractivity contribution in [2.45, 2.75) is 31.6 Å². The number of carbonyl (C=O) groups is 1. The van der Waals surface area contributed by atoms with Crippen LogP contribution in [0.25, 0.3) is 0 Å². The topological polar surface area (TPSA) is 55.1 Å². The number of ketones is 1. The number of anilines is 1. The van der Waals surface area contributed by atoms with E-state index < -0.39 is 5.92 Å². The fourth-order valence-corrected chi connectivity index (χ4v) is 4.59. The quantitative estimate of drug-likeness (QED) is 0.588. The smallest absolute Gasteiger partial charge is 0.233 e. The first-order chi connectivity index (χ1) is 14.0. The Kier molecular flexibility index (Phi) is 4.28. The average Bonchev–Trinajstić information content (AvgIpc) is 3.08. The van der Waals surface area contributed by atoms with Crippen LogP contribution in [0.15, 0.2) is 64.3 Å². The van der Waals surface area contributed by atoms with Gasteiger partial charge in [-0.1, -0.05) is 47.1 Å². The predicted molar refractivity (Wildman–Crippen MR) is 109 cm³/mol. The van der Waals surface area contributed by atoms with E-state index in [1.165, 1.54) is 6.07 Å². The SMILES string of the molecule is Cc1noc2c1[C@H](c1ccccc1F)C1=C(C[C@@H](c3ccc(Cl)cc3)CC1=O)N2. The summed E-state index contributed by atoms with van der Waals surface area (Å²) in [6, 6.07) is 14.1. The van der Waals surface area contributed by atoms with Crippen molar-refractivity contribution in [3.63, 3.8) is 0 Å². The van der Waals surface area contributed by atoms with Gasteiger partial charge in [0.25, 0.3) is 0 Å². The number of Topliss-reactive ketones (excluding diaryl/α,β-unsaturated/α-hetero) is 1. The number of benzene rings is 2. The van der Waals surface area contributed by atoms with Crippen molar-refractivity contribution < 1.29 is 13.7 Å². The van der Waals surface area contributed by atoms with Crippen LogP contribution in [0.3, 0.4) is 0 Å². The molecule has 0 saturated heterocycles. The molecule has 3 aromatic rings. The van der Waals surface area contributed by atoms with Crippen molar-refractivity contribution in [1.29, 1.82) is 0 Å². The van der Waals surface area contributed by atoms with Crippen molar-refractivity contribution in [2.75, 3.05) is 5.32 Å². The Balaban J connectivity index is 1.63. The van der Waals surface area contributed by atoms with Crippen molar-refractivity contribution in [3.8, 4) is 0 Å². The number of aromatic nitrogens is 1. The Morgan fingerprint density at radius 1 is 1.14 bits per heavy atom. The van der Waals surface area contributed by atoms with Gasteiger partial charge in [0.1, 0.15) is 5.82 Å². The van der Waals surface area contributed by atoms with Gasteiger partial charge in [0.15, 0.2) is 5.78 Å². The first-order valence-electron chi connectivity index (χ1n) is 9.52. The van der Waals surface area contributed by atoms with Crippen LogP contribution in [-0.4, -0.2) is 10.9 Å². The molecule has 0 amide bonds. The number of nitrogens with zero attached hydrogens (tertiary/aromatic N) is 1. The molecule has 0 unspecified atom stereocenters. The van der Waals surface area contributed by atoms with Crippen molar-refractivity contribution >= 4 is 23.3 Å². The summed E-state index contributed by atoms with van der Waals surface area (Å²) in [6.07, 6.45) is 1.000. The van der Waals surface area contributed by atoms with Crippen LogP contribution < -0.4 is 5.32 Å². The normalized spacial score (nSPS) is 20.9. The van der Waals surface area contributed by atoms with Crippen LogP contribution in [0.5, 0.6) is 0 Å². The summed E-state index contributed by atoms with van der Waals surface area (Å²) in [5.41, 5.74) is 4.29. The van der Waals surface area contributed by atoms with Gasteiger partial charge in [-0.3, -0.25) is 4.79 Å². The zero-order valence-electron chi connectivity index (χ0n) is 15.7. The standard InChI is InChI=1S/C23H18ClFN2O2/c1-12-20-21(16-4-2-3-5-17(16)25)22-18(26-23(20)29-27-12)10-14(11-19(22)28)13-6-8-15(24)9-7-13/h2-9,14,21,26H,10-11H2,1H3/t14-,21+/m1/s1. The van der Waals surface area contributed by atoms with Gasteiger partial charge in [0, 0.05) is 34.2 Å². The summed E-state index contributed by atoms with van der Waals surface area (Å²) in [5.74, 6) is -0.340. The molecule has 2 aliphatic rings.